The van der Waals surface area contributed by atoms with E-state index in [1.165, 1.54) is 5.56 Å². The van der Waals surface area contributed by atoms with Gasteiger partial charge in [-0.1, -0.05) is 54.4 Å². The zero-order valence-electron chi connectivity index (χ0n) is 11.5. The average molecular weight is 369 g/mol. The van der Waals surface area contributed by atoms with Crippen LogP contribution in [-0.4, -0.2) is 0 Å². The predicted molar refractivity (Wildman–Crippen MR) is 88.0 cm³/mol. The first-order valence-corrected chi connectivity index (χ1v) is 8.18. The maximum absolute atomic E-state index is 14.5. The monoisotopic (exact) mass is 367 g/mol. The van der Waals surface area contributed by atoms with Crippen LogP contribution in [0.5, 0.6) is 0 Å². The van der Waals surface area contributed by atoms with E-state index in [1.807, 2.05) is 18.2 Å². The second-order valence-electron chi connectivity index (χ2n) is 5.62. The molecule has 110 valence electrons. The van der Waals surface area contributed by atoms with E-state index in [4.69, 9.17) is 17.3 Å². The second-order valence-corrected chi connectivity index (χ2v) is 6.85. The van der Waals surface area contributed by atoms with Crippen molar-refractivity contribution in [1.29, 1.82) is 0 Å². The Labute approximate surface area is 137 Å². The summed E-state index contributed by atoms with van der Waals surface area (Å²) in [5.41, 5.74) is 7.97. The molecular formula is C17H16BrClFN. The molecule has 0 saturated heterocycles. The van der Waals surface area contributed by atoms with Gasteiger partial charge in [-0.3, -0.25) is 0 Å². The van der Waals surface area contributed by atoms with Gasteiger partial charge in [-0.2, -0.15) is 0 Å². The highest BCUT2D eigenvalue weighted by atomic mass is 79.9. The molecule has 0 heterocycles. The third kappa shape index (κ3) is 2.41. The minimum atomic E-state index is -0.416. The molecule has 0 radical (unpaired) electrons. The summed E-state index contributed by atoms with van der Waals surface area (Å²) in [6, 6.07) is 13.3. The molecule has 1 aliphatic carbocycles. The van der Waals surface area contributed by atoms with Crippen molar-refractivity contribution in [2.24, 2.45) is 5.73 Å². The Balaban J connectivity index is 2.05. The van der Waals surface area contributed by atoms with Crippen molar-refractivity contribution in [3.8, 4) is 0 Å². The summed E-state index contributed by atoms with van der Waals surface area (Å²) >= 11 is 9.25. The topological polar surface area (TPSA) is 26.0 Å². The van der Waals surface area contributed by atoms with E-state index in [-0.39, 0.29) is 16.5 Å². The molecule has 1 nitrogen and oxygen atoms in total. The quantitative estimate of drug-likeness (QED) is 0.725. The smallest absolute Gasteiger partial charge is 0.147 e. The molecular weight excluding hydrogens is 353 g/mol. The molecule has 0 aliphatic heterocycles. The standard InChI is InChI=1S/C17H16BrClFN/c18-13-8-7-12(15(20)14(13)19)16(21)17(9-4-10-17)11-5-2-1-3-6-11/h1-3,5-8,16H,4,9-10,21H2. The highest BCUT2D eigenvalue weighted by Gasteiger charge is 2.45. The molecule has 0 aromatic heterocycles. The SMILES string of the molecule is NC(c1ccc(Br)c(Cl)c1F)C1(c2ccccc2)CCC1. The van der Waals surface area contributed by atoms with E-state index in [0.717, 1.165) is 19.3 Å². The van der Waals surface area contributed by atoms with Gasteiger partial charge in [-0.15, -0.1) is 0 Å². The van der Waals surface area contributed by atoms with Gasteiger partial charge in [0, 0.05) is 21.5 Å². The van der Waals surface area contributed by atoms with Crippen molar-refractivity contribution >= 4 is 27.5 Å². The van der Waals surface area contributed by atoms with Gasteiger partial charge < -0.3 is 5.73 Å². The van der Waals surface area contributed by atoms with Crippen LogP contribution in [-0.2, 0) is 5.41 Å². The molecule has 2 aromatic rings. The fourth-order valence-corrected chi connectivity index (χ4v) is 3.66. The fraction of sp³-hybridized carbons (Fsp3) is 0.294. The Morgan fingerprint density at radius 1 is 1.14 bits per heavy atom. The van der Waals surface area contributed by atoms with E-state index >= 15 is 0 Å². The Morgan fingerprint density at radius 2 is 1.81 bits per heavy atom. The first-order chi connectivity index (χ1) is 10.1. The molecule has 1 unspecified atom stereocenters. The lowest BCUT2D eigenvalue weighted by Crippen LogP contribution is -2.44. The Hall–Kier alpha value is -0.900. The fourth-order valence-electron chi connectivity index (χ4n) is 3.19. The highest BCUT2D eigenvalue weighted by Crippen LogP contribution is 2.51. The van der Waals surface area contributed by atoms with Crippen LogP contribution in [0.3, 0.4) is 0 Å². The van der Waals surface area contributed by atoms with E-state index in [2.05, 4.69) is 28.1 Å². The van der Waals surface area contributed by atoms with Gasteiger partial charge in [0.1, 0.15) is 5.82 Å². The van der Waals surface area contributed by atoms with Gasteiger partial charge in [0.15, 0.2) is 0 Å². The summed E-state index contributed by atoms with van der Waals surface area (Å²) in [6.45, 7) is 0. The van der Waals surface area contributed by atoms with Crippen molar-refractivity contribution in [2.75, 3.05) is 0 Å². The molecule has 3 rings (SSSR count). The van der Waals surface area contributed by atoms with Crippen LogP contribution < -0.4 is 5.73 Å². The Morgan fingerprint density at radius 3 is 2.38 bits per heavy atom. The summed E-state index contributed by atoms with van der Waals surface area (Å²) < 4.78 is 15.0. The van der Waals surface area contributed by atoms with Crippen LogP contribution in [0.1, 0.15) is 36.4 Å². The summed E-state index contributed by atoms with van der Waals surface area (Å²) in [4.78, 5) is 0. The maximum atomic E-state index is 14.5. The van der Waals surface area contributed by atoms with Gasteiger partial charge in [-0.05, 0) is 40.4 Å². The lowest BCUT2D eigenvalue weighted by molar-refractivity contribution is 0.193. The van der Waals surface area contributed by atoms with Crippen LogP contribution >= 0.6 is 27.5 Å². The number of nitrogens with two attached hydrogens (primary N) is 1. The summed E-state index contributed by atoms with van der Waals surface area (Å²) in [5.74, 6) is -0.416. The lowest BCUT2D eigenvalue weighted by Gasteiger charge is -2.47. The molecule has 1 aliphatic rings. The van der Waals surface area contributed by atoms with E-state index in [1.54, 1.807) is 12.1 Å². The third-order valence-corrected chi connectivity index (χ3v) is 5.85. The summed E-state index contributed by atoms with van der Waals surface area (Å²) in [5, 5.41) is 0.102. The number of hydrogen-bond donors (Lipinski definition) is 1. The summed E-state index contributed by atoms with van der Waals surface area (Å²) in [7, 11) is 0. The molecule has 0 spiro atoms. The number of hydrogen-bond acceptors (Lipinski definition) is 1. The summed E-state index contributed by atoms with van der Waals surface area (Å²) in [6.07, 6.45) is 3.07. The minimum absolute atomic E-state index is 0.102. The molecule has 21 heavy (non-hydrogen) atoms. The van der Waals surface area contributed by atoms with Gasteiger partial charge in [-0.25, -0.2) is 4.39 Å². The minimum Gasteiger partial charge on any atom is -0.323 e. The van der Waals surface area contributed by atoms with Crippen molar-refractivity contribution in [1.82, 2.24) is 0 Å². The second kappa shape index (κ2) is 5.71. The van der Waals surface area contributed by atoms with Gasteiger partial charge in [0.25, 0.3) is 0 Å². The largest absolute Gasteiger partial charge is 0.323 e. The molecule has 1 atom stereocenters. The van der Waals surface area contributed by atoms with Crippen LogP contribution in [0, 0.1) is 5.82 Å². The predicted octanol–water partition coefficient (Wildman–Crippen LogP) is 5.36. The Bertz CT molecular complexity index is 655. The van der Waals surface area contributed by atoms with Crippen molar-refractivity contribution in [3.05, 3.63) is 68.9 Å². The third-order valence-electron chi connectivity index (χ3n) is 4.59. The van der Waals surface area contributed by atoms with Crippen LogP contribution in [0.25, 0.3) is 0 Å². The number of rotatable bonds is 3. The van der Waals surface area contributed by atoms with Crippen molar-refractivity contribution in [2.45, 2.75) is 30.7 Å². The molecule has 4 heteroatoms. The highest BCUT2D eigenvalue weighted by molar-refractivity contribution is 9.10. The van der Waals surface area contributed by atoms with Gasteiger partial charge in [0.05, 0.1) is 5.02 Å². The van der Waals surface area contributed by atoms with Gasteiger partial charge in [0.2, 0.25) is 0 Å². The lowest BCUT2D eigenvalue weighted by atomic mass is 9.59. The average Bonchev–Trinajstić information content (AvgIpc) is 2.45. The van der Waals surface area contributed by atoms with Crippen LogP contribution in [0.15, 0.2) is 46.9 Å². The van der Waals surface area contributed by atoms with E-state index in [9.17, 15) is 4.39 Å². The van der Waals surface area contributed by atoms with Crippen molar-refractivity contribution < 1.29 is 4.39 Å². The van der Waals surface area contributed by atoms with E-state index in [0.29, 0.717) is 10.0 Å². The van der Waals surface area contributed by atoms with Crippen molar-refractivity contribution in [3.63, 3.8) is 0 Å². The molecule has 1 fully saturated rings. The zero-order valence-corrected chi connectivity index (χ0v) is 13.8. The molecule has 0 amide bonds. The first kappa shape index (κ1) is 15.0. The van der Waals surface area contributed by atoms with Gasteiger partial charge >= 0.3 is 0 Å². The number of benzene rings is 2. The molecule has 2 N–H and O–H groups in total. The Kier molecular flexibility index (Phi) is 4.08. The first-order valence-electron chi connectivity index (χ1n) is 7.01. The molecule has 0 bridgehead atoms. The van der Waals surface area contributed by atoms with Crippen LogP contribution in [0.4, 0.5) is 4.39 Å². The molecule has 1 saturated carbocycles. The van der Waals surface area contributed by atoms with E-state index < -0.39 is 5.82 Å². The normalized spacial score (nSPS) is 18.1. The number of halogens is 3. The molecule has 2 aromatic carbocycles. The zero-order chi connectivity index (χ0) is 15.0. The maximum Gasteiger partial charge on any atom is 0.147 e. The van der Waals surface area contributed by atoms with Crippen LogP contribution in [0.2, 0.25) is 5.02 Å².